The third-order valence-corrected chi connectivity index (χ3v) is 2.60. The molecule has 1 rings (SSSR count). The van der Waals surface area contributed by atoms with Crippen molar-refractivity contribution in [2.75, 3.05) is 13.2 Å². The average Bonchev–Trinajstić information content (AvgIpc) is 2.61. The normalized spacial score (nSPS) is 27.7. The number of hydrogen-bond donors (Lipinski definition) is 1. The Morgan fingerprint density at radius 3 is 2.73 bits per heavy atom. The molecule has 0 aromatic heterocycles. The third-order valence-electron chi connectivity index (χ3n) is 2.60. The van der Waals surface area contributed by atoms with Gasteiger partial charge in [-0.1, -0.05) is 6.92 Å². The Balaban J connectivity index is 2.52. The maximum atomic E-state index is 11.7. The summed E-state index contributed by atoms with van der Waals surface area (Å²) in [5, 5.41) is 3.13. The zero-order valence-corrected chi connectivity index (χ0v) is 9.79. The van der Waals surface area contributed by atoms with Crippen molar-refractivity contribution in [1.82, 2.24) is 5.32 Å². The molecule has 0 radical (unpaired) electrons. The molecular weight excluding hydrogens is 194 g/mol. The topological polar surface area (TPSA) is 47.6 Å². The van der Waals surface area contributed by atoms with Crippen LogP contribution in [-0.4, -0.2) is 37.4 Å². The van der Waals surface area contributed by atoms with Crippen molar-refractivity contribution >= 4 is 5.97 Å². The second-order valence-electron chi connectivity index (χ2n) is 3.85. The van der Waals surface area contributed by atoms with Gasteiger partial charge in [-0.05, 0) is 33.2 Å². The van der Waals surface area contributed by atoms with Crippen molar-refractivity contribution < 1.29 is 14.3 Å². The van der Waals surface area contributed by atoms with E-state index in [2.05, 4.69) is 5.32 Å². The number of ether oxygens (including phenoxy) is 2. The smallest absolute Gasteiger partial charge is 0.325 e. The van der Waals surface area contributed by atoms with Crippen molar-refractivity contribution in [3.63, 3.8) is 0 Å². The Labute approximate surface area is 91.3 Å². The minimum absolute atomic E-state index is 0.0287. The predicted octanol–water partition coefficient (Wildman–Crippen LogP) is 1.10. The van der Waals surface area contributed by atoms with Gasteiger partial charge in [-0.2, -0.15) is 0 Å². The molecule has 0 aliphatic carbocycles. The van der Waals surface area contributed by atoms with Gasteiger partial charge in [-0.3, -0.25) is 4.79 Å². The molecule has 1 heterocycles. The third kappa shape index (κ3) is 3.47. The lowest BCUT2D eigenvalue weighted by molar-refractivity contribution is -0.149. The van der Waals surface area contributed by atoms with E-state index in [1.165, 1.54) is 0 Å². The van der Waals surface area contributed by atoms with E-state index in [0.717, 1.165) is 19.4 Å². The number of nitrogens with one attached hydrogen (secondary N) is 1. The Hall–Kier alpha value is -0.610. The Bertz CT molecular complexity index is 208. The molecule has 1 saturated heterocycles. The molecule has 4 heteroatoms. The minimum atomic E-state index is -0.306. The molecule has 3 atom stereocenters. The first-order valence-electron chi connectivity index (χ1n) is 5.74. The fourth-order valence-corrected chi connectivity index (χ4v) is 1.90. The molecule has 0 bridgehead atoms. The zero-order valence-electron chi connectivity index (χ0n) is 9.79. The highest BCUT2D eigenvalue weighted by Crippen LogP contribution is 2.22. The second kappa shape index (κ2) is 6.08. The molecule has 1 N–H and O–H groups in total. The van der Waals surface area contributed by atoms with E-state index in [4.69, 9.17) is 9.47 Å². The molecule has 1 fully saturated rings. The van der Waals surface area contributed by atoms with Crippen LogP contribution in [0.25, 0.3) is 0 Å². The molecule has 1 aliphatic heterocycles. The molecule has 15 heavy (non-hydrogen) atoms. The zero-order chi connectivity index (χ0) is 11.3. The monoisotopic (exact) mass is 215 g/mol. The van der Waals surface area contributed by atoms with Crippen LogP contribution < -0.4 is 5.32 Å². The summed E-state index contributed by atoms with van der Waals surface area (Å²) in [7, 11) is 0. The number of rotatable bonds is 5. The van der Waals surface area contributed by atoms with E-state index in [1.807, 2.05) is 20.8 Å². The van der Waals surface area contributed by atoms with Crippen LogP contribution in [0, 0.1) is 0 Å². The van der Waals surface area contributed by atoms with E-state index in [-0.39, 0.29) is 24.2 Å². The summed E-state index contributed by atoms with van der Waals surface area (Å²) < 4.78 is 10.7. The minimum Gasteiger partial charge on any atom is -0.465 e. The Kier molecular flexibility index (Phi) is 5.05. The summed E-state index contributed by atoms with van der Waals surface area (Å²) in [6.45, 7) is 7.00. The van der Waals surface area contributed by atoms with E-state index in [1.54, 1.807) is 0 Å². The van der Waals surface area contributed by atoms with Crippen LogP contribution in [0.5, 0.6) is 0 Å². The first kappa shape index (κ1) is 12.5. The van der Waals surface area contributed by atoms with Gasteiger partial charge in [0, 0.05) is 0 Å². The number of carbonyl (C=O) groups excluding carboxylic acids is 1. The first-order valence-corrected chi connectivity index (χ1v) is 5.74. The SMILES string of the molecule is CCNC(C(=O)OCC)C1CCC(C)O1. The molecule has 1 aliphatic rings. The second-order valence-corrected chi connectivity index (χ2v) is 3.85. The van der Waals surface area contributed by atoms with Gasteiger partial charge in [0.25, 0.3) is 0 Å². The number of hydrogen-bond acceptors (Lipinski definition) is 4. The summed E-state index contributed by atoms with van der Waals surface area (Å²) in [4.78, 5) is 11.7. The van der Waals surface area contributed by atoms with E-state index >= 15 is 0 Å². The number of likely N-dealkylation sites (N-methyl/N-ethyl adjacent to an activating group) is 1. The van der Waals surface area contributed by atoms with Gasteiger partial charge in [0.1, 0.15) is 6.04 Å². The quantitative estimate of drug-likeness (QED) is 0.698. The molecule has 0 spiro atoms. The van der Waals surface area contributed by atoms with Crippen LogP contribution >= 0.6 is 0 Å². The van der Waals surface area contributed by atoms with Crippen LogP contribution in [0.2, 0.25) is 0 Å². The number of esters is 1. The van der Waals surface area contributed by atoms with Gasteiger partial charge in [-0.25, -0.2) is 0 Å². The number of carbonyl (C=O) groups is 1. The Morgan fingerprint density at radius 2 is 2.27 bits per heavy atom. The van der Waals surface area contributed by atoms with Crippen LogP contribution in [-0.2, 0) is 14.3 Å². The lowest BCUT2D eigenvalue weighted by Crippen LogP contribution is -2.47. The maximum Gasteiger partial charge on any atom is 0.325 e. The predicted molar refractivity (Wildman–Crippen MR) is 57.7 cm³/mol. The van der Waals surface area contributed by atoms with Crippen molar-refractivity contribution in [1.29, 1.82) is 0 Å². The van der Waals surface area contributed by atoms with E-state index in [0.29, 0.717) is 6.61 Å². The molecule has 0 aromatic rings. The summed E-state index contributed by atoms with van der Waals surface area (Å²) in [6, 6.07) is -0.306. The van der Waals surface area contributed by atoms with Crippen molar-refractivity contribution in [2.45, 2.75) is 51.9 Å². The lowest BCUT2D eigenvalue weighted by Gasteiger charge is -2.22. The van der Waals surface area contributed by atoms with Crippen LogP contribution in [0.1, 0.15) is 33.6 Å². The molecule has 0 aromatic carbocycles. The molecular formula is C11H21NO3. The summed E-state index contributed by atoms with van der Waals surface area (Å²) in [5.41, 5.74) is 0. The lowest BCUT2D eigenvalue weighted by atomic mass is 10.1. The Morgan fingerprint density at radius 1 is 1.53 bits per heavy atom. The van der Waals surface area contributed by atoms with Gasteiger partial charge >= 0.3 is 5.97 Å². The highest BCUT2D eigenvalue weighted by atomic mass is 16.5. The van der Waals surface area contributed by atoms with E-state index in [9.17, 15) is 4.79 Å². The molecule has 4 nitrogen and oxygen atoms in total. The fraction of sp³-hybridized carbons (Fsp3) is 0.909. The summed E-state index contributed by atoms with van der Waals surface area (Å²) >= 11 is 0. The largest absolute Gasteiger partial charge is 0.465 e. The highest BCUT2D eigenvalue weighted by Gasteiger charge is 2.34. The van der Waals surface area contributed by atoms with Crippen LogP contribution in [0.15, 0.2) is 0 Å². The van der Waals surface area contributed by atoms with Gasteiger partial charge in [0.2, 0.25) is 0 Å². The van der Waals surface area contributed by atoms with Crippen molar-refractivity contribution in [2.24, 2.45) is 0 Å². The van der Waals surface area contributed by atoms with Gasteiger partial charge in [0.05, 0.1) is 18.8 Å². The van der Waals surface area contributed by atoms with Crippen molar-refractivity contribution in [3.05, 3.63) is 0 Å². The molecule has 0 saturated carbocycles. The molecule has 88 valence electrons. The maximum absolute atomic E-state index is 11.7. The molecule has 0 amide bonds. The average molecular weight is 215 g/mol. The van der Waals surface area contributed by atoms with Gasteiger partial charge < -0.3 is 14.8 Å². The standard InChI is InChI=1S/C11H21NO3/c1-4-12-10(11(13)14-5-2)9-7-6-8(3)15-9/h8-10,12H,4-7H2,1-3H3. The molecule has 3 unspecified atom stereocenters. The van der Waals surface area contributed by atoms with Gasteiger partial charge in [0.15, 0.2) is 0 Å². The summed E-state index contributed by atoms with van der Waals surface area (Å²) in [6.07, 6.45) is 2.17. The fourth-order valence-electron chi connectivity index (χ4n) is 1.90. The van der Waals surface area contributed by atoms with Crippen LogP contribution in [0.4, 0.5) is 0 Å². The van der Waals surface area contributed by atoms with Crippen LogP contribution in [0.3, 0.4) is 0 Å². The first-order chi connectivity index (χ1) is 7.19. The van der Waals surface area contributed by atoms with Gasteiger partial charge in [-0.15, -0.1) is 0 Å². The van der Waals surface area contributed by atoms with Crippen molar-refractivity contribution in [3.8, 4) is 0 Å². The highest BCUT2D eigenvalue weighted by molar-refractivity contribution is 5.76. The van der Waals surface area contributed by atoms with E-state index < -0.39 is 0 Å². The summed E-state index contributed by atoms with van der Waals surface area (Å²) in [5.74, 6) is -0.196.